The van der Waals surface area contributed by atoms with E-state index in [-0.39, 0.29) is 6.04 Å². The third-order valence-electron chi connectivity index (χ3n) is 2.88. The minimum absolute atomic E-state index is 0.106. The van der Waals surface area contributed by atoms with Crippen LogP contribution in [0.5, 0.6) is 11.5 Å². The molecule has 0 aromatic heterocycles. The summed E-state index contributed by atoms with van der Waals surface area (Å²) in [6, 6.07) is 3.86. The maximum Gasteiger partial charge on any atom is 0.187 e. The van der Waals surface area contributed by atoms with Crippen LogP contribution in [0.15, 0.2) is 21.7 Å². The summed E-state index contributed by atoms with van der Waals surface area (Å²) >= 11 is 8.66. The minimum atomic E-state index is 0.106. The van der Waals surface area contributed by atoms with E-state index in [9.17, 15) is 0 Å². The number of ether oxygens (including phenoxy) is 3. The maximum absolute atomic E-state index is 5.70. The standard InChI is InChI=1S/C16H24BrN3O3S/c1-5-6-23-15-13(17)7-12(8-14(15)22-4)9-18-20-16(24)19-11(2)10-21-3/h7-9,11H,5-6,10H2,1-4H3,(H2,19,20,24)/b18-9-/t11-/m0/s1. The number of benzene rings is 1. The lowest BCUT2D eigenvalue weighted by Crippen LogP contribution is -2.40. The lowest BCUT2D eigenvalue weighted by Gasteiger charge is -2.14. The lowest BCUT2D eigenvalue weighted by molar-refractivity contribution is 0.179. The second kappa shape index (κ2) is 11.2. The smallest absolute Gasteiger partial charge is 0.187 e. The van der Waals surface area contributed by atoms with Crippen molar-refractivity contribution in [2.24, 2.45) is 5.10 Å². The number of thiocarbonyl (C=S) groups is 1. The van der Waals surface area contributed by atoms with Gasteiger partial charge in [0.25, 0.3) is 0 Å². The van der Waals surface area contributed by atoms with Gasteiger partial charge in [-0.05, 0) is 59.2 Å². The van der Waals surface area contributed by atoms with Gasteiger partial charge < -0.3 is 19.5 Å². The Balaban J connectivity index is 2.70. The predicted molar refractivity (Wildman–Crippen MR) is 104 cm³/mol. The van der Waals surface area contributed by atoms with Crippen LogP contribution in [0.3, 0.4) is 0 Å². The SMILES string of the molecule is CCCOc1c(Br)cc(/C=N\NC(=S)N[C@@H](C)COC)cc1OC. The first-order chi connectivity index (χ1) is 11.5. The van der Waals surface area contributed by atoms with Crippen molar-refractivity contribution in [2.45, 2.75) is 26.3 Å². The molecule has 0 heterocycles. The molecule has 1 rings (SSSR count). The molecular formula is C16H24BrN3O3S. The summed E-state index contributed by atoms with van der Waals surface area (Å²) in [5, 5.41) is 7.62. The van der Waals surface area contributed by atoms with Crippen LogP contribution in [0.1, 0.15) is 25.8 Å². The average Bonchev–Trinajstić information content (AvgIpc) is 2.53. The van der Waals surface area contributed by atoms with Crippen molar-refractivity contribution in [3.05, 3.63) is 22.2 Å². The molecule has 0 amide bonds. The number of hydrogen-bond acceptors (Lipinski definition) is 5. The first-order valence-corrected chi connectivity index (χ1v) is 8.80. The maximum atomic E-state index is 5.70. The third kappa shape index (κ3) is 7.02. The highest BCUT2D eigenvalue weighted by atomic mass is 79.9. The van der Waals surface area contributed by atoms with Crippen LogP contribution in [0.25, 0.3) is 0 Å². The molecule has 0 spiro atoms. The second-order valence-corrected chi connectivity index (χ2v) is 6.35. The molecule has 6 nitrogen and oxygen atoms in total. The van der Waals surface area contributed by atoms with Gasteiger partial charge in [-0.1, -0.05) is 6.92 Å². The normalized spacial score (nSPS) is 12.0. The fraction of sp³-hybridized carbons (Fsp3) is 0.500. The van der Waals surface area contributed by atoms with Gasteiger partial charge in [-0.25, -0.2) is 0 Å². The van der Waals surface area contributed by atoms with Gasteiger partial charge in [0.15, 0.2) is 16.6 Å². The number of halogens is 1. The van der Waals surface area contributed by atoms with Crippen LogP contribution in [-0.4, -0.2) is 44.8 Å². The molecule has 0 fully saturated rings. The van der Waals surface area contributed by atoms with E-state index in [1.54, 1.807) is 20.4 Å². The number of hydrazone groups is 1. The molecule has 0 aliphatic carbocycles. The summed E-state index contributed by atoms with van der Waals surface area (Å²) in [5.74, 6) is 1.34. The Kier molecular flexibility index (Phi) is 9.66. The molecule has 0 aliphatic heterocycles. The van der Waals surface area contributed by atoms with E-state index < -0.39 is 0 Å². The van der Waals surface area contributed by atoms with Crippen molar-refractivity contribution in [3.63, 3.8) is 0 Å². The lowest BCUT2D eigenvalue weighted by atomic mass is 10.2. The van der Waals surface area contributed by atoms with Crippen molar-refractivity contribution in [2.75, 3.05) is 27.4 Å². The van der Waals surface area contributed by atoms with Crippen LogP contribution >= 0.6 is 28.1 Å². The van der Waals surface area contributed by atoms with E-state index in [4.69, 9.17) is 26.4 Å². The van der Waals surface area contributed by atoms with E-state index in [1.807, 2.05) is 19.1 Å². The third-order valence-corrected chi connectivity index (χ3v) is 3.67. The van der Waals surface area contributed by atoms with Crippen LogP contribution < -0.4 is 20.2 Å². The molecule has 0 saturated heterocycles. The monoisotopic (exact) mass is 417 g/mol. The summed E-state index contributed by atoms with van der Waals surface area (Å²) in [4.78, 5) is 0. The number of hydrogen-bond donors (Lipinski definition) is 2. The van der Waals surface area contributed by atoms with Gasteiger partial charge in [-0.3, -0.25) is 5.43 Å². The van der Waals surface area contributed by atoms with Gasteiger partial charge in [0, 0.05) is 13.2 Å². The van der Waals surface area contributed by atoms with Gasteiger partial charge in [0.05, 0.1) is 31.0 Å². The molecule has 8 heteroatoms. The molecule has 0 unspecified atom stereocenters. The predicted octanol–water partition coefficient (Wildman–Crippen LogP) is 3.08. The van der Waals surface area contributed by atoms with E-state index in [0.29, 0.717) is 29.8 Å². The highest BCUT2D eigenvalue weighted by molar-refractivity contribution is 9.10. The number of nitrogens with zero attached hydrogens (tertiary/aromatic N) is 1. The molecule has 0 saturated carbocycles. The molecule has 0 bridgehead atoms. The Bertz CT molecular complexity index is 570. The van der Waals surface area contributed by atoms with Crippen LogP contribution in [0.4, 0.5) is 0 Å². The summed E-state index contributed by atoms with van der Waals surface area (Å²) in [6.07, 6.45) is 2.58. The van der Waals surface area contributed by atoms with E-state index in [2.05, 4.69) is 38.7 Å². The van der Waals surface area contributed by atoms with Crippen LogP contribution in [0.2, 0.25) is 0 Å². The second-order valence-electron chi connectivity index (χ2n) is 5.08. The zero-order valence-electron chi connectivity index (χ0n) is 14.4. The zero-order valence-corrected chi connectivity index (χ0v) is 16.8. The summed E-state index contributed by atoms with van der Waals surface area (Å²) in [6.45, 7) is 5.22. The van der Waals surface area contributed by atoms with Crippen molar-refractivity contribution in [1.82, 2.24) is 10.7 Å². The minimum Gasteiger partial charge on any atom is -0.493 e. The number of rotatable bonds is 9. The van der Waals surface area contributed by atoms with Crippen molar-refractivity contribution < 1.29 is 14.2 Å². The highest BCUT2D eigenvalue weighted by Gasteiger charge is 2.11. The first kappa shape index (κ1) is 20.7. The largest absolute Gasteiger partial charge is 0.493 e. The highest BCUT2D eigenvalue weighted by Crippen LogP contribution is 2.36. The molecule has 1 aromatic rings. The Hall–Kier alpha value is -1.38. The summed E-state index contributed by atoms with van der Waals surface area (Å²) in [5.41, 5.74) is 3.62. The molecule has 1 atom stereocenters. The first-order valence-electron chi connectivity index (χ1n) is 7.60. The Labute approximate surface area is 157 Å². The van der Waals surface area contributed by atoms with Gasteiger partial charge in [0.1, 0.15) is 0 Å². The van der Waals surface area contributed by atoms with E-state index in [1.165, 1.54) is 0 Å². The van der Waals surface area contributed by atoms with Gasteiger partial charge >= 0.3 is 0 Å². The van der Waals surface area contributed by atoms with Gasteiger partial charge in [0.2, 0.25) is 0 Å². The average molecular weight is 418 g/mol. The molecule has 0 aliphatic rings. The Morgan fingerprint density at radius 1 is 1.42 bits per heavy atom. The fourth-order valence-corrected chi connectivity index (χ4v) is 2.70. The van der Waals surface area contributed by atoms with Crippen molar-refractivity contribution >= 4 is 39.5 Å². The molecule has 134 valence electrons. The fourth-order valence-electron chi connectivity index (χ4n) is 1.87. The Morgan fingerprint density at radius 2 is 2.17 bits per heavy atom. The van der Waals surface area contributed by atoms with Crippen molar-refractivity contribution in [3.8, 4) is 11.5 Å². The topological polar surface area (TPSA) is 64.1 Å². The molecule has 1 aromatic carbocycles. The summed E-state index contributed by atoms with van der Waals surface area (Å²) in [7, 11) is 3.25. The van der Waals surface area contributed by atoms with Crippen LogP contribution in [-0.2, 0) is 4.74 Å². The van der Waals surface area contributed by atoms with Crippen molar-refractivity contribution in [1.29, 1.82) is 0 Å². The Morgan fingerprint density at radius 3 is 2.79 bits per heavy atom. The van der Waals surface area contributed by atoms with Gasteiger partial charge in [-0.15, -0.1) is 0 Å². The molecule has 2 N–H and O–H groups in total. The number of methoxy groups -OCH3 is 2. The number of nitrogens with one attached hydrogen (secondary N) is 2. The van der Waals surface area contributed by atoms with Gasteiger partial charge in [-0.2, -0.15) is 5.10 Å². The molecule has 24 heavy (non-hydrogen) atoms. The zero-order chi connectivity index (χ0) is 17.9. The molecular weight excluding hydrogens is 394 g/mol. The van der Waals surface area contributed by atoms with Crippen LogP contribution in [0, 0.1) is 0 Å². The summed E-state index contributed by atoms with van der Waals surface area (Å²) < 4.78 is 16.9. The van der Waals surface area contributed by atoms with E-state index >= 15 is 0 Å². The van der Waals surface area contributed by atoms with E-state index in [0.717, 1.165) is 16.5 Å². The molecule has 0 radical (unpaired) electrons. The quantitative estimate of drug-likeness (QED) is 0.365.